The minimum absolute atomic E-state index is 0.852. The van der Waals surface area contributed by atoms with Gasteiger partial charge in [0.15, 0.2) is 5.16 Å². The number of ether oxygens (including phenoxy) is 1. The number of benzene rings is 1. The molecule has 16 heavy (non-hydrogen) atoms. The average molecular weight is 299 g/mol. The predicted octanol–water partition coefficient (Wildman–Crippen LogP) is 3.47. The molecule has 1 aromatic carbocycles. The molecule has 2 rings (SSSR count). The summed E-state index contributed by atoms with van der Waals surface area (Å²) < 4.78 is 6.28. The van der Waals surface area contributed by atoms with E-state index in [-0.39, 0.29) is 0 Å². The molecule has 0 atom stereocenters. The molecule has 5 heteroatoms. The van der Waals surface area contributed by atoms with Crippen molar-refractivity contribution in [2.75, 3.05) is 7.11 Å². The van der Waals surface area contributed by atoms with Crippen LogP contribution < -0.4 is 4.74 Å². The van der Waals surface area contributed by atoms with E-state index in [9.17, 15) is 0 Å². The Morgan fingerprint density at radius 2 is 2.38 bits per heavy atom. The highest BCUT2D eigenvalue weighted by atomic mass is 79.9. The summed E-state index contributed by atoms with van der Waals surface area (Å²) >= 11 is 5.19. The molecule has 1 aromatic heterocycles. The van der Waals surface area contributed by atoms with Crippen LogP contribution in [0.2, 0.25) is 0 Å². The lowest BCUT2D eigenvalue weighted by molar-refractivity contribution is 0.414. The maximum atomic E-state index is 5.19. The Labute approximate surface area is 107 Å². The van der Waals surface area contributed by atoms with Crippen LogP contribution in [-0.4, -0.2) is 17.1 Å². The van der Waals surface area contributed by atoms with Crippen molar-refractivity contribution in [2.45, 2.75) is 10.9 Å². The van der Waals surface area contributed by atoms with Crippen LogP contribution in [0.5, 0.6) is 5.75 Å². The normalized spacial score (nSPS) is 10.4. The standard InChI is InChI=1S/C11H11BrN2OS/c1-15-9-2-3-10(12)8(6-9)7-16-11-13-4-5-14-11/h2-6H,7H2,1H3,(H,13,14). The maximum Gasteiger partial charge on any atom is 0.165 e. The summed E-state index contributed by atoms with van der Waals surface area (Å²) in [5, 5.41) is 0.926. The van der Waals surface area contributed by atoms with Gasteiger partial charge in [0.2, 0.25) is 0 Å². The fourth-order valence-electron chi connectivity index (χ4n) is 1.26. The predicted molar refractivity (Wildman–Crippen MR) is 68.8 cm³/mol. The van der Waals surface area contributed by atoms with Crippen molar-refractivity contribution >= 4 is 27.7 Å². The molecule has 0 unspecified atom stereocenters. The topological polar surface area (TPSA) is 37.9 Å². The molecule has 3 nitrogen and oxygen atoms in total. The van der Waals surface area contributed by atoms with Crippen molar-refractivity contribution in [3.8, 4) is 5.75 Å². The SMILES string of the molecule is COc1ccc(Br)c(CSc2ncc[nH]2)c1. The summed E-state index contributed by atoms with van der Waals surface area (Å²) in [6, 6.07) is 5.96. The van der Waals surface area contributed by atoms with Crippen molar-refractivity contribution in [1.82, 2.24) is 9.97 Å². The molecule has 0 spiro atoms. The minimum atomic E-state index is 0.852. The molecule has 0 aliphatic rings. The first-order valence-electron chi connectivity index (χ1n) is 4.74. The van der Waals surface area contributed by atoms with Gasteiger partial charge in [-0.2, -0.15) is 0 Å². The summed E-state index contributed by atoms with van der Waals surface area (Å²) in [6.07, 6.45) is 3.58. The summed E-state index contributed by atoms with van der Waals surface area (Å²) in [5.41, 5.74) is 1.20. The molecule has 0 saturated carbocycles. The zero-order valence-electron chi connectivity index (χ0n) is 8.74. The largest absolute Gasteiger partial charge is 0.497 e. The summed E-state index contributed by atoms with van der Waals surface area (Å²) in [4.78, 5) is 7.23. The number of H-pyrrole nitrogens is 1. The van der Waals surface area contributed by atoms with Gasteiger partial charge in [0.1, 0.15) is 5.75 Å². The Bertz CT molecular complexity index is 459. The Balaban J connectivity index is 2.08. The van der Waals surface area contributed by atoms with E-state index in [0.717, 1.165) is 21.1 Å². The van der Waals surface area contributed by atoms with Crippen LogP contribution in [0.25, 0.3) is 0 Å². The second kappa shape index (κ2) is 5.41. The van der Waals surface area contributed by atoms with Gasteiger partial charge in [0.25, 0.3) is 0 Å². The first-order valence-corrected chi connectivity index (χ1v) is 6.52. The molecule has 0 saturated heterocycles. The van der Waals surface area contributed by atoms with Gasteiger partial charge in [0, 0.05) is 22.6 Å². The van der Waals surface area contributed by atoms with E-state index in [4.69, 9.17) is 4.74 Å². The number of thioether (sulfide) groups is 1. The van der Waals surface area contributed by atoms with E-state index in [1.807, 2.05) is 24.4 Å². The zero-order chi connectivity index (χ0) is 11.4. The highest BCUT2D eigenvalue weighted by molar-refractivity contribution is 9.10. The fourth-order valence-corrected chi connectivity index (χ4v) is 2.65. The van der Waals surface area contributed by atoms with Gasteiger partial charge in [-0.1, -0.05) is 27.7 Å². The molecule has 0 amide bonds. The number of aromatic amines is 1. The lowest BCUT2D eigenvalue weighted by atomic mass is 10.2. The van der Waals surface area contributed by atoms with Crippen molar-refractivity contribution in [3.05, 3.63) is 40.6 Å². The van der Waals surface area contributed by atoms with E-state index in [2.05, 4.69) is 25.9 Å². The lowest BCUT2D eigenvalue weighted by Gasteiger charge is -2.06. The highest BCUT2D eigenvalue weighted by Gasteiger charge is 2.04. The van der Waals surface area contributed by atoms with E-state index in [0.29, 0.717) is 0 Å². The first kappa shape index (κ1) is 11.5. The Hall–Kier alpha value is -0.940. The Morgan fingerprint density at radius 1 is 1.50 bits per heavy atom. The number of methoxy groups -OCH3 is 1. The average Bonchev–Trinajstić information content (AvgIpc) is 2.81. The van der Waals surface area contributed by atoms with Crippen LogP contribution in [0, 0.1) is 0 Å². The van der Waals surface area contributed by atoms with Gasteiger partial charge in [-0.3, -0.25) is 0 Å². The third-order valence-electron chi connectivity index (χ3n) is 2.09. The molecule has 84 valence electrons. The second-order valence-corrected chi connectivity index (χ2v) is 4.96. The monoisotopic (exact) mass is 298 g/mol. The summed E-state index contributed by atoms with van der Waals surface area (Å²) in [7, 11) is 1.67. The number of imidazole rings is 1. The molecule has 0 aliphatic heterocycles. The third kappa shape index (κ3) is 2.80. The van der Waals surface area contributed by atoms with Gasteiger partial charge < -0.3 is 9.72 Å². The molecule has 1 heterocycles. The van der Waals surface area contributed by atoms with Crippen LogP contribution in [-0.2, 0) is 5.75 Å². The molecule has 0 fully saturated rings. The number of nitrogens with zero attached hydrogens (tertiary/aromatic N) is 1. The van der Waals surface area contributed by atoms with Crippen molar-refractivity contribution in [1.29, 1.82) is 0 Å². The van der Waals surface area contributed by atoms with E-state index < -0.39 is 0 Å². The van der Waals surface area contributed by atoms with Crippen LogP contribution in [0.3, 0.4) is 0 Å². The van der Waals surface area contributed by atoms with Crippen LogP contribution in [0.1, 0.15) is 5.56 Å². The molecule has 2 aromatic rings. The lowest BCUT2D eigenvalue weighted by Crippen LogP contribution is -1.88. The van der Waals surface area contributed by atoms with Crippen molar-refractivity contribution in [2.24, 2.45) is 0 Å². The number of aromatic nitrogens is 2. The van der Waals surface area contributed by atoms with Gasteiger partial charge in [0.05, 0.1) is 7.11 Å². The molecule has 0 radical (unpaired) electrons. The summed E-state index contributed by atoms with van der Waals surface area (Å²) in [5.74, 6) is 1.73. The van der Waals surface area contributed by atoms with Gasteiger partial charge in [-0.25, -0.2) is 4.98 Å². The highest BCUT2D eigenvalue weighted by Crippen LogP contribution is 2.28. The molecule has 0 bridgehead atoms. The quantitative estimate of drug-likeness (QED) is 0.878. The van der Waals surface area contributed by atoms with Crippen LogP contribution in [0.4, 0.5) is 0 Å². The minimum Gasteiger partial charge on any atom is -0.497 e. The number of hydrogen-bond acceptors (Lipinski definition) is 3. The zero-order valence-corrected chi connectivity index (χ0v) is 11.1. The van der Waals surface area contributed by atoms with Gasteiger partial charge in [-0.15, -0.1) is 0 Å². The smallest absolute Gasteiger partial charge is 0.165 e. The van der Waals surface area contributed by atoms with E-state index >= 15 is 0 Å². The number of rotatable bonds is 4. The fraction of sp³-hybridized carbons (Fsp3) is 0.182. The second-order valence-electron chi connectivity index (χ2n) is 3.14. The Kier molecular flexibility index (Phi) is 3.90. The first-order chi connectivity index (χ1) is 7.79. The van der Waals surface area contributed by atoms with Crippen molar-refractivity contribution < 1.29 is 4.74 Å². The van der Waals surface area contributed by atoms with Crippen molar-refractivity contribution in [3.63, 3.8) is 0 Å². The molecule has 0 aliphatic carbocycles. The van der Waals surface area contributed by atoms with Gasteiger partial charge in [-0.05, 0) is 23.8 Å². The van der Waals surface area contributed by atoms with E-state index in [1.54, 1.807) is 25.1 Å². The third-order valence-corrected chi connectivity index (χ3v) is 3.82. The molecule has 1 N–H and O–H groups in total. The van der Waals surface area contributed by atoms with E-state index in [1.165, 1.54) is 5.56 Å². The summed E-state index contributed by atoms with van der Waals surface area (Å²) in [6.45, 7) is 0. The maximum absolute atomic E-state index is 5.19. The Morgan fingerprint density at radius 3 is 3.06 bits per heavy atom. The molecular weight excluding hydrogens is 288 g/mol. The number of halogens is 1. The molecular formula is C11H11BrN2OS. The number of hydrogen-bond donors (Lipinski definition) is 1. The van der Waals surface area contributed by atoms with Crippen LogP contribution >= 0.6 is 27.7 Å². The van der Waals surface area contributed by atoms with Crippen LogP contribution in [0.15, 0.2) is 40.2 Å². The van der Waals surface area contributed by atoms with Gasteiger partial charge >= 0.3 is 0 Å². The number of nitrogens with one attached hydrogen (secondary N) is 1.